The Morgan fingerprint density at radius 2 is 1.76 bits per heavy atom. The molecule has 5 heteroatoms. The van der Waals surface area contributed by atoms with E-state index in [-0.39, 0.29) is 5.75 Å². The first kappa shape index (κ1) is 16.5. The summed E-state index contributed by atoms with van der Waals surface area (Å²) in [7, 11) is -3.22. The third kappa shape index (κ3) is 5.77. The van der Waals surface area contributed by atoms with Crippen LogP contribution in [0.3, 0.4) is 0 Å². The second-order valence-electron chi connectivity index (χ2n) is 6.43. The highest BCUT2D eigenvalue weighted by atomic mass is 32.2. The molecule has 0 saturated heterocycles. The zero-order chi connectivity index (χ0) is 15.5. The Kier molecular flexibility index (Phi) is 5.41. The molecule has 21 heavy (non-hydrogen) atoms. The van der Waals surface area contributed by atoms with Crippen molar-refractivity contribution in [3.8, 4) is 0 Å². The zero-order valence-electron chi connectivity index (χ0n) is 13.1. The van der Waals surface area contributed by atoms with E-state index in [4.69, 9.17) is 0 Å². The van der Waals surface area contributed by atoms with Crippen molar-refractivity contribution in [2.24, 2.45) is 11.8 Å². The third-order valence-corrected chi connectivity index (χ3v) is 5.26. The smallest absolute Gasteiger partial charge is 0.215 e. The van der Waals surface area contributed by atoms with Crippen LogP contribution in [0.15, 0.2) is 24.3 Å². The Balaban J connectivity index is 1.83. The van der Waals surface area contributed by atoms with Gasteiger partial charge in [-0.3, -0.25) is 0 Å². The first-order valence-corrected chi connectivity index (χ1v) is 9.29. The molecule has 1 aromatic carbocycles. The average Bonchev–Trinajstić information content (AvgIpc) is 3.11. The molecule has 1 fully saturated rings. The van der Waals surface area contributed by atoms with E-state index in [1.54, 1.807) is 0 Å². The molecule has 4 nitrogen and oxygen atoms in total. The van der Waals surface area contributed by atoms with Crippen molar-refractivity contribution in [1.82, 2.24) is 10.0 Å². The summed E-state index contributed by atoms with van der Waals surface area (Å²) in [4.78, 5) is 0. The van der Waals surface area contributed by atoms with E-state index in [9.17, 15) is 8.42 Å². The fourth-order valence-corrected chi connectivity index (χ4v) is 3.46. The van der Waals surface area contributed by atoms with Crippen molar-refractivity contribution in [2.75, 3.05) is 6.54 Å². The summed E-state index contributed by atoms with van der Waals surface area (Å²) in [6.45, 7) is 7.76. The van der Waals surface area contributed by atoms with Crippen LogP contribution in [0, 0.1) is 11.8 Å². The summed E-state index contributed by atoms with van der Waals surface area (Å²) < 4.78 is 26.7. The van der Waals surface area contributed by atoms with E-state index in [0.717, 1.165) is 18.5 Å². The quantitative estimate of drug-likeness (QED) is 0.774. The Hall–Kier alpha value is -0.910. The van der Waals surface area contributed by atoms with Crippen molar-refractivity contribution in [2.45, 2.75) is 45.5 Å². The van der Waals surface area contributed by atoms with Crippen LogP contribution in [-0.2, 0) is 22.3 Å². The molecule has 118 valence electrons. The van der Waals surface area contributed by atoms with Gasteiger partial charge in [-0.2, -0.15) is 0 Å². The van der Waals surface area contributed by atoms with Gasteiger partial charge in [-0.05, 0) is 29.4 Å². The summed E-state index contributed by atoms with van der Waals surface area (Å²) in [6, 6.07) is 8.22. The van der Waals surface area contributed by atoms with Gasteiger partial charge in [-0.15, -0.1) is 0 Å². The summed E-state index contributed by atoms with van der Waals surface area (Å²) in [6.07, 6.45) is 1.14. The highest BCUT2D eigenvalue weighted by Crippen LogP contribution is 2.36. The second kappa shape index (κ2) is 6.90. The van der Waals surface area contributed by atoms with Crippen LogP contribution in [0.5, 0.6) is 0 Å². The van der Waals surface area contributed by atoms with Gasteiger partial charge in [-0.1, -0.05) is 45.0 Å². The lowest BCUT2D eigenvalue weighted by molar-refractivity contribution is 0.573. The molecule has 1 aromatic rings. The van der Waals surface area contributed by atoms with Gasteiger partial charge in [0.1, 0.15) is 0 Å². The van der Waals surface area contributed by atoms with Gasteiger partial charge < -0.3 is 5.32 Å². The molecule has 0 amide bonds. The SMILES string of the molecule is CC(C)NCc1ccc(CS(=O)(=O)NCC2CC2C)cc1. The van der Waals surface area contributed by atoms with Crippen molar-refractivity contribution in [3.05, 3.63) is 35.4 Å². The lowest BCUT2D eigenvalue weighted by Crippen LogP contribution is -2.27. The fourth-order valence-electron chi connectivity index (χ4n) is 2.26. The summed E-state index contributed by atoms with van der Waals surface area (Å²) in [5.74, 6) is 1.26. The molecular weight excluding hydrogens is 284 g/mol. The highest BCUT2D eigenvalue weighted by molar-refractivity contribution is 7.88. The van der Waals surface area contributed by atoms with E-state index < -0.39 is 10.0 Å². The van der Waals surface area contributed by atoms with E-state index in [0.29, 0.717) is 24.4 Å². The molecule has 2 unspecified atom stereocenters. The van der Waals surface area contributed by atoms with Gasteiger partial charge in [0, 0.05) is 19.1 Å². The largest absolute Gasteiger partial charge is 0.310 e. The van der Waals surface area contributed by atoms with Crippen molar-refractivity contribution in [1.29, 1.82) is 0 Å². The number of hydrogen-bond acceptors (Lipinski definition) is 3. The maximum absolute atomic E-state index is 12.0. The average molecular weight is 310 g/mol. The standard InChI is InChI=1S/C16H26N2O2S/c1-12(2)17-9-14-4-6-15(7-5-14)11-21(19,20)18-10-16-8-13(16)3/h4-7,12-13,16-18H,8-11H2,1-3H3. The van der Waals surface area contributed by atoms with Gasteiger partial charge in [0.15, 0.2) is 0 Å². The molecule has 0 aliphatic heterocycles. The monoisotopic (exact) mass is 310 g/mol. The van der Waals surface area contributed by atoms with E-state index in [2.05, 4.69) is 30.8 Å². The third-order valence-electron chi connectivity index (χ3n) is 3.94. The first-order chi connectivity index (χ1) is 9.85. The maximum Gasteiger partial charge on any atom is 0.215 e. The van der Waals surface area contributed by atoms with Gasteiger partial charge in [-0.25, -0.2) is 13.1 Å². The molecule has 1 aliphatic rings. The van der Waals surface area contributed by atoms with Crippen molar-refractivity contribution >= 4 is 10.0 Å². The Labute approximate surface area is 128 Å². The van der Waals surface area contributed by atoms with Crippen LogP contribution in [-0.4, -0.2) is 21.0 Å². The van der Waals surface area contributed by atoms with Crippen molar-refractivity contribution in [3.63, 3.8) is 0 Å². The second-order valence-corrected chi connectivity index (χ2v) is 8.24. The Morgan fingerprint density at radius 1 is 1.19 bits per heavy atom. The van der Waals surface area contributed by atoms with E-state index >= 15 is 0 Å². The minimum Gasteiger partial charge on any atom is -0.310 e. The molecule has 2 rings (SSSR count). The lowest BCUT2D eigenvalue weighted by atomic mass is 10.1. The van der Waals surface area contributed by atoms with Gasteiger partial charge in [0.05, 0.1) is 5.75 Å². The highest BCUT2D eigenvalue weighted by Gasteiger charge is 2.33. The molecule has 0 aromatic heterocycles. The maximum atomic E-state index is 12.0. The summed E-state index contributed by atoms with van der Waals surface area (Å²) >= 11 is 0. The molecule has 0 bridgehead atoms. The summed E-state index contributed by atoms with van der Waals surface area (Å²) in [5, 5.41) is 3.34. The molecule has 0 radical (unpaired) electrons. The molecular formula is C16H26N2O2S. The molecule has 1 saturated carbocycles. The molecule has 0 heterocycles. The molecule has 2 N–H and O–H groups in total. The zero-order valence-corrected chi connectivity index (χ0v) is 13.9. The molecule has 0 spiro atoms. The van der Waals surface area contributed by atoms with Crippen LogP contribution in [0.2, 0.25) is 0 Å². The van der Waals surface area contributed by atoms with Crippen LogP contribution in [0.1, 0.15) is 38.3 Å². The first-order valence-electron chi connectivity index (χ1n) is 7.64. The van der Waals surface area contributed by atoms with E-state index in [1.165, 1.54) is 5.56 Å². The number of hydrogen-bond donors (Lipinski definition) is 2. The number of rotatable bonds is 8. The van der Waals surface area contributed by atoms with Crippen LogP contribution in [0.4, 0.5) is 0 Å². The Bertz CT molecular complexity index is 552. The number of sulfonamides is 1. The lowest BCUT2D eigenvalue weighted by Gasteiger charge is -2.09. The minimum atomic E-state index is -3.22. The predicted octanol–water partition coefficient (Wildman–Crippen LogP) is 2.26. The predicted molar refractivity (Wildman–Crippen MR) is 86.3 cm³/mol. The van der Waals surface area contributed by atoms with Gasteiger partial charge in [0.25, 0.3) is 0 Å². The van der Waals surface area contributed by atoms with Gasteiger partial charge in [0.2, 0.25) is 10.0 Å². The Morgan fingerprint density at radius 3 is 2.29 bits per heavy atom. The molecule has 1 aliphatic carbocycles. The summed E-state index contributed by atoms with van der Waals surface area (Å²) in [5.41, 5.74) is 2.00. The van der Waals surface area contributed by atoms with Gasteiger partial charge >= 0.3 is 0 Å². The van der Waals surface area contributed by atoms with E-state index in [1.807, 2.05) is 24.3 Å². The number of benzene rings is 1. The topological polar surface area (TPSA) is 58.2 Å². The van der Waals surface area contributed by atoms with Crippen LogP contribution < -0.4 is 10.0 Å². The fraction of sp³-hybridized carbons (Fsp3) is 0.625. The van der Waals surface area contributed by atoms with Crippen molar-refractivity contribution < 1.29 is 8.42 Å². The minimum absolute atomic E-state index is 0.0615. The van der Waals surface area contributed by atoms with Crippen LogP contribution >= 0.6 is 0 Å². The normalized spacial score (nSPS) is 21.7. The number of nitrogens with one attached hydrogen (secondary N) is 2. The molecule has 2 atom stereocenters. The van der Waals surface area contributed by atoms with Crippen LogP contribution in [0.25, 0.3) is 0 Å².